The number of piperidine rings is 1. The van der Waals surface area contributed by atoms with Gasteiger partial charge in [-0.2, -0.15) is 26.3 Å². The Bertz CT molecular complexity index is 1110. The summed E-state index contributed by atoms with van der Waals surface area (Å²) in [6, 6.07) is 9.02. The van der Waals surface area contributed by atoms with Crippen molar-refractivity contribution in [1.29, 1.82) is 0 Å². The van der Waals surface area contributed by atoms with E-state index in [1.54, 1.807) is 23.1 Å². The van der Waals surface area contributed by atoms with Gasteiger partial charge < -0.3 is 14.5 Å². The molecule has 1 heterocycles. The molecule has 3 rings (SSSR count). The van der Waals surface area contributed by atoms with Gasteiger partial charge in [0.15, 0.2) is 0 Å². The van der Waals surface area contributed by atoms with Crippen LogP contribution in [0.1, 0.15) is 67.6 Å². The van der Waals surface area contributed by atoms with Gasteiger partial charge in [-0.3, -0.25) is 4.79 Å². The Balaban J connectivity index is 1.92. The summed E-state index contributed by atoms with van der Waals surface area (Å²) in [5, 5.41) is 0. The minimum absolute atomic E-state index is 0.000874. The van der Waals surface area contributed by atoms with E-state index in [-0.39, 0.29) is 44.0 Å². The fraction of sp³-hybridized carbons (Fsp3) is 0.500. The summed E-state index contributed by atoms with van der Waals surface area (Å²) in [5.41, 5.74) is -2.98. The largest absolute Gasteiger partial charge is 0.446 e. The fourth-order valence-electron chi connectivity index (χ4n) is 4.93. The lowest BCUT2D eigenvalue weighted by atomic mass is 9.92. The Morgan fingerprint density at radius 1 is 0.923 bits per heavy atom. The molecule has 0 aliphatic carbocycles. The molecular formula is C28H32F6N2O3. The molecule has 0 radical (unpaired) electrons. The second-order valence-electron chi connectivity index (χ2n) is 10.3. The first-order valence-electron chi connectivity index (χ1n) is 12.7. The number of alkyl halides is 6. The summed E-state index contributed by atoms with van der Waals surface area (Å²) < 4.78 is 86.2. The fourth-order valence-corrected chi connectivity index (χ4v) is 4.93. The van der Waals surface area contributed by atoms with Gasteiger partial charge in [-0.05, 0) is 57.9 Å². The van der Waals surface area contributed by atoms with Crippen molar-refractivity contribution in [2.45, 2.75) is 83.5 Å². The molecule has 1 aliphatic rings. The lowest BCUT2D eigenvalue weighted by Crippen LogP contribution is -2.51. The first kappa shape index (κ1) is 30.3. The van der Waals surface area contributed by atoms with Gasteiger partial charge in [0, 0.05) is 43.1 Å². The van der Waals surface area contributed by atoms with E-state index in [0.29, 0.717) is 12.1 Å². The number of benzene rings is 2. The number of nitrogens with zero attached hydrogens (tertiary/aromatic N) is 2. The van der Waals surface area contributed by atoms with Crippen LogP contribution in [0.25, 0.3) is 0 Å². The molecule has 0 unspecified atom stereocenters. The molecule has 39 heavy (non-hydrogen) atoms. The third-order valence-electron chi connectivity index (χ3n) is 6.67. The maximum atomic E-state index is 13.4. The minimum atomic E-state index is -5.07. The van der Waals surface area contributed by atoms with Gasteiger partial charge in [0.05, 0.1) is 11.1 Å². The predicted octanol–water partition coefficient (Wildman–Crippen LogP) is 7.20. The van der Waals surface area contributed by atoms with Crippen molar-refractivity contribution in [3.63, 3.8) is 0 Å². The summed E-state index contributed by atoms with van der Waals surface area (Å²) in [5.74, 6) is -0.941. The van der Waals surface area contributed by atoms with Crippen molar-refractivity contribution in [2.24, 2.45) is 0 Å². The van der Waals surface area contributed by atoms with Crippen LogP contribution < -0.4 is 0 Å². The van der Waals surface area contributed by atoms with Crippen LogP contribution in [-0.2, 0) is 23.5 Å². The molecule has 5 nitrogen and oxygen atoms in total. The number of carbonyl (C=O) groups excluding carboxylic acids is 2. The van der Waals surface area contributed by atoms with Crippen LogP contribution in [0.2, 0.25) is 0 Å². The van der Waals surface area contributed by atoms with Crippen LogP contribution >= 0.6 is 0 Å². The summed E-state index contributed by atoms with van der Waals surface area (Å²) in [6.45, 7) is 7.40. The topological polar surface area (TPSA) is 49.9 Å². The number of carbonyl (C=O) groups is 2. The summed E-state index contributed by atoms with van der Waals surface area (Å²) in [6.07, 6.45) is -10.6. The Hall–Kier alpha value is -3.24. The Morgan fingerprint density at radius 3 is 1.95 bits per heavy atom. The maximum Gasteiger partial charge on any atom is 0.416 e. The Labute approximate surface area is 223 Å². The Kier molecular flexibility index (Phi) is 9.23. The number of ether oxygens (including phenoxy) is 1. The molecule has 1 fully saturated rings. The molecule has 0 N–H and O–H groups in total. The van der Waals surface area contributed by atoms with Crippen molar-refractivity contribution >= 4 is 12.0 Å². The second-order valence-corrected chi connectivity index (χ2v) is 10.3. The van der Waals surface area contributed by atoms with E-state index in [1.807, 2.05) is 39.8 Å². The molecule has 2 amide bonds. The van der Waals surface area contributed by atoms with Crippen LogP contribution in [0.3, 0.4) is 0 Å². The predicted molar refractivity (Wildman–Crippen MR) is 133 cm³/mol. The van der Waals surface area contributed by atoms with Gasteiger partial charge in [-0.25, -0.2) is 4.79 Å². The number of likely N-dealkylation sites (tertiary alicyclic amines) is 1. The smallest absolute Gasteiger partial charge is 0.416 e. The molecular weight excluding hydrogens is 526 g/mol. The molecule has 2 aromatic carbocycles. The van der Waals surface area contributed by atoms with E-state index < -0.39 is 53.2 Å². The van der Waals surface area contributed by atoms with Crippen LogP contribution in [0.4, 0.5) is 31.1 Å². The van der Waals surface area contributed by atoms with Gasteiger partial charge in [0.2, 0.25) is 0 Å². The summed E-state index contributed by atoms with van der Waals surface area (Å²) >= 11 is 0. The number of hydrogen-bond acceptors (Lipinski definition) is 3. The van der Waals surface area contributed by atoms with Crippen LogP contribution in [0.5, 0.6) is 0 Å². The first-order valence-corrected chi connectivity index (χ1v) is 12.7. The van der Waals surface area contributed by atoms with Gasteiger partial charge in [-0.1, -0.05) is 30.3 Å². The molecule has 0 aromatic heterocycles. The zero-order valence-corrected chi connectivity index (χ0v) is 22.1. The van der Waals surface area contributed by atoms with Gasteiger partial charge >= 0.3 is 18.4 Å². The molecule has 0 spiro atoms. The number of rotatable bonds is 6. The molecule has 11 heteroatoms. The van der Waals surface area contributed by atoms with Gasteiger partial charge in [0.1, 0.15) is 6.10 Å². The third kappa shape index (κ3) is 7.67. The second kappa shape index (κ2) is 11.9. The van der Waals surface area contributed by atoms with E-state index in [4.69, 9.17) is 4.74 Å². The van der Waals surface area contributed by atoms with Crippen molar-refractivity contribution in [3.8, 4) is 0 Å². The zero-order valence-electron chi connectivity index (χ0n) is 22.1. The van der Waals surface area contributed by atoms with E-state index in [2.05, 4.69) is 0 Å². The molecule has 0 saturated carbocycles. The van der Waals surface area contributed by atoms with Crippen molar-refractivity contribution < 1.29 is 40.7 Å². The molecule has 2 atom stereocenters. The summed E-state index contributed by atoms with van der Waals surface area (Å²) in [4.78, 5) is 29.2. The highest BCUT2D eigenvalue weighted by Crippen LogP contribution is 2.37. The quantitative estimate of drug-likeness (QED) is 0.353. The average Bonchev–Trinajstić information content (AvgIpc) is 2.82. The van der Waals surface area contributed by atoms with Gasteiger partial charge in [0.25, 0.3) is 5.91 Å². The molecule has 214 valence electrons. The lowest BCUT2D eigenvalue weighted by molar-refractivity contribution is -0.143. The average molecular weight is 559 g/mol. The van der Waals surface area contributed by atoms with Crippen molar-refractivity contribution in [3.05, 3.63) is 70.8 Å². The normalized spacial score (nSPS) is 18.4. The molecule has 1 aliphatic heterocycles. The van der Waals surface area contributed by atoms with E-state index >= 15 is 0 Å². The molecule has 1 saturated heterocycles. The number of amides is 2. The van der Waals surface area contributed by atoms with Gasteiger partial charge in [-0.15, -0.1) is 0 Å². The highest BCUT2D eigenvalue weighted by molar-refractivity contribution is 5.95. The van der Waals surface area contributed by atoms with Crippen LogP contribution in [-0.4, -0.2) is 52.6 Å². The zero-order chi connectivity index (χ0) is 29.1. The van der Waals surface area contributed by atoms with E-state index in [1.165, 1.54) is 4.90 Å². The monoisotopic (exact) mass is 558 g/mol. The lowest BCUT2D eigenvalue weighted by Gasteiger charge is -2.40. The Morgan fingerprint density at radius 2 is 1.46 bits per heavy atom. The number of halogens is 6. The van der Waals surface area contributed by atoms with Crippen molar-refractivity contribution in [2.75, 3.05) is 6.54 Å². The highest BCUT2D eigenvalue weighted by atomic mass is 19.4. The SMILES string of the molecule is CC(C)N(C(=O)O[C@H]1CCN(C(=O)c2cc(C(F)(F)F)cc(C(F)(F)F)c2)[C@H](Cc2ccccc2)C1)C(C)C. The first-order chi connectivity index (χ1) is 18.1. The van der Waals surface area contributed by atoms with E-state index in [0.717, 1.165) is 5.56 Å². The maximum absolute atomic E-state index is 13.4. The van der Waals surface area contributed by atoms with Crippen LogP contribution in [0.15, 0.2) is 48.5 Å². The molecule has 2 aromatic rings. The van der Waals surface area contributed by atoms with E-state index in [9.17, 15) is 35.9 Å². The third-order valence-corrected chi connectivity index (χ3v) is 6.67. The minimum Gasteiger partial charge on any atom is -0.446 e. The highest BCUT2D eigenvalue weighted by Gasteiger charge is 2.40. The van der Waals surface area contributed by atoms with Crippen molar-refractivity contribution in [1.82, 2.24) is 9.80 Å². The summed E-state index contributed by atoms with van der Waals surface area (Å²) in [7, 11) is 0. The number of hydrogen-bond donors (Lipinski definition) is 0. The standard InChI is InChI=1S/C28H32F6N2O3/c1-17(2)36(18(3)4)26(38)39-24-10-11-35(23(16-24)12-19-8-6-5-7-9-19)25(37)20-13-21(27(29,30)31)15-22(14-20)28(32,33)34/h5-9,13-15,17-18,23-24H,10-12,16H2,1-4H3/t23-,24+/m1/s1. The van der Waals surface area contributed by atoms with Crippen LogP contribution in [0, 0.1) is 0 Å². The molecule has 0 bridgehead atoms.